The summed E-state index contributed by atoms with van der Waals surface area (Å²) in [5.41, 5.74) is 0.442. The van der Waals surface area contributed by atoms with Crippen LogP contribution < -0.4 is 10.1 Å². The molecule has 0 spiro atoms. The molecule has 1 N–H and O–H groups in total. The largest absolute Gasteiger partial charge is 0.483 e. The molecular formula is C21H23N3O4. The van der Waals surface area contributed by atoms with Crippen LogP contribution in [-0.2, 0) is 9.59 Å². The summed E-state index contributed by atoms with van der Waals surface area (Å²) >= 11 is 0. The number of carbonyl (C=O) groups excluding carboxylic acids is 3. The van der Waals surface area contributed by atoms with Crippen LogP contribution in [0, 0.1) is 0 Å². The van der Waals surface area contributed by atoms with Gasteiger partial charge in [0.15, 0.2) is 6.61 Å². The summed E-state index contributed by atoms with van der Waals surface area (Å²) in [4.78, 5) is 39.4. The molecule has 0 unspecified atom stereocenters. The average Bonchev–Trinajstić information content (AvgIpc) is 3.55. The van der Waals surface area contributed by atoms with E-state index < -0.39 is 0 Å². The number of ether oxygens (including phenoxy) is 1. The van der Waals surface area contributed by atoms with Gasteiger partial charge in [0, 0.05) is 32.2 Å². The standard InChI is InChI=1S/C21H23N3O4/c25-14-23-7-9-24(10-8-23)21(27)18-11-15-3-1-2-4-16(15)12-19(18)28-13-20(26)22-17-5-6-17/h1-4,11-12,14,17H,5-10,13H2,(H,22,26). The highest BCUT2D eigenvalue weighted by Gasteiger charge is 2.26. The highest BCUT2D eigenvalue weighted by Crippen LogP contribution is 2.28. The number of carbonyl (C=O) groups is 3. The summed E-state index contributed by atoms with van der Waals surface area (Å²) in [6.45, 7) is 1.87. The molecule has 1 heterocycles. The van der Waals surface area contributed by atoms with Crippen LogP contribution in [0.15, 0.2) is 36.4 Å². The van der Waals surface area contributed by atoms with Crippen molar-refractivity contribution >= 4 is 29.0 Å². The van der Waals surface area contributed by atoms with Crippen LogP contribution in [0.2, 0.25) is 0 Å². The number of hydrogen-bond donors (Lipinski definition) is 1. The van der Waals surface area contributed by atoms with E-state index in [2.05, 4.69) is 5.32 Å². The van der Waals surface area contributed by atoms with Gasteiger partial charge in [-0.15, -0.1) is 0 Å². The van der Waals surface area contributed by atoms with Crippen LogP contribution in [0.25, 0.3) is 10.8 Å². The number of hydrogen-bond acceptors (Lipinski definition) is 4. The zero-order chi connectivity index (χ0) is 19.5. The Hall–Kier alpha value is -3.09. The smallest absolute Gasteiger partial charge is 0.258 e. The summed E-state index contributed by atoms with van der Waals surface area (Å²) in [6, 6.07) is 11.6. The van der Waals surface area contributed by atoms with Gasteiger partial charge in [-0.05, 0) is 35.7 Å². The molecule has 1 saturated carbocycles. The molecule has 4 rings (SSSR count). The number of rotatable bonds is 6. The van der Waals surface area contributed by atoms with Crippen molar-refractivity contribution in [2.75, 3.05) is 32.8 Å². The molecule has 0 radical (unpaired) electrons. The van der Waals surface area contributed by atoms with Gasteiger partial charge in [0.2, 0.25) is 6.41 Å². The van der Waals surface area contributed by atoms with E-state index in [1.807, 2.05) is 36.4 Å². The van der Waals surface area contributed by atoms with Gasteiger partial charge in [-0.2, -0.15) is 0 Å². The zero-order valence-electron chi connectivity index (χ0n) is 15.6. The fourth-order valence-corrected chi connectivity index (χ4v) is 3.35. The molecule has 0 bridgehead atoms. The Kier molecular flexibility index (Phi) is 5.14. The third-order valence-corrected chi connectivity index (χ3v) is 5.13. The summed E-state index contributed by atoms with van der Waals surface area (Å²) in [7, 11) is 0. The van der Waals surface area contributed by atoms with Crippen molar-refractivity contribution in [2.45, 2.75) is 18.9 Å². The first kappa shape index (κ1) is 18.3. The Morgan fingerprint density at radius 1 is 1.07 bits per heavy atom. The van der Waals surface area contributed by atoms with E-state index in [0.29, 0.717) is 37.5 Å². The highest BCUT2D eigenvalue weighted by atomic mass is 16.5. The van der Waals surface area contributed by atoms with Crippen molar-refractivity contribution in [1.82, 2.24) is 15.1 Å². The molecule has 7 nitrogen and oxygen atoms in total. The SMILES string of the molecule is O=CN1CCN(C(=O)c2cc3ccccc3cc2OCC(=O)NC2CC2)CC1. The molecule has 1 saturated heterocycles. The molecule has 1 aliphatic carbocycles. The molecule has 2 aromatic carbocycles. The summed E-state index contributed by atoms with van der Waals surface area (Å²) in [5.74, 6) is 0.0926. The maximum Gasteiger partial charge on any atom is 0.258 e. The lowest BCUT2D eigenvalue weighted by molar-refractivity contribution is -0.123. The Morgan fingerprint density at radius 2 is 1.75 bits per heavy atom. The number of fused-ring (bicyclic) bond motifs is 1. The quantitative estimate of drug-likeness (QED) is 0.768. The Labute approximate surface area is 163 Å². The Balaban J connectivity index is 1.56. The van der Waals surface area contributed by atoms with Crippen LogP contribution in [0.5, 0.6) is 5.75 Å². The second-order valence-corrected chi connectivity index (χ2v) is 7.26. The normalized spacial score (nSPS) is 16.7. The van der Waals surface area contributed by atoms with Gasteiger partial charge in [0.1, 0.15) is 5.75 Å². The van der Waals surface area contributed by atoms with E-state index in [-0.39, 0.29) is 24.5 Å². The highest BCUT2D eigenvalue weighted by molar-refractivity contribution is 6.01. The number of amides is 3. The van der Waals surface area contributed by atoms with Crippen LogP contribution in [0.3, 0.4) is 0 Å². The first-order valence-corrected chi connectivity index (χ1v) is 9.57. The van der Waals surface area contributed by atoms with E-state index in [9.17, 15) is 14.4 Å². The maximum atomic E-state index is 13.1. The number of nitrogens with one attached hydrogen (secondary N) is 1. The second-order valence-electron chi connectivity index (χ2n) is 7.26. The van der Waals surface area contributed by atoms with Gasteiger partial charge >= 0.3 is 0 Å². The topological polar surface area (TPSA) is 79.0 Å². The predicted octanol–water partition coefficient (Wildman–Crippen LogP) is 1.41. The molecule has 2 aromatic rings. The monoisotopic (exact) mass is 381 g/mol. The van der Waals surface area contributed by atoms with Gasteiger partial charge in [-0.1, -0.05) is 24.3 Å². The first-order chi connectivity index (χ1) is 13.6. The van der Waals surface area contributed by atoms with Gasteiger partial charge in [0.05, 0.1) is 5.56 Å². The molecule has 0 aromatic heterocycles. The summed E-state index contributed by atoms with van der Waals surface area (Å²) in [6.07, 6.45) is 2.83. The molecule has 28 heavy (non-hydrogen) atoms. The molecule has 2 aliphatic rings. The number of benzene rings is 2. The van der Waals surface area contributed by atoms with Gasteiger partial charge < -0.3 is 19.9 Å². The van der Waals surface area contributed by atoms with Crippen molar-refractivity contribution in [1.29, 1.82) is 0 Å². The minimum absolute atomic E-state index is 0.117. The average molecular weight is 381 g/mol. The third kappa shape index (κ3) is 4.08. The van der Waals surface area contributed by atoms with Crippen molar-refractivity contribution in [3.8, 4) is 5.75 Å². The van der Waals surface area contributed by atoms with E-state index >= 15 is 0 Å². The molecule has 1 aliphatic heterocycles. The second kappa shape index (κ2) is 7.88. The van der Waals surface area contributed by atoms with Crippen LogP contribution in [-0.4, -0.2) is 66.9 Å². The lowest BCUT2D eigenvalue weighted by atomic mass is 10.0. The Bertz CT molecular complexity index is 902. The lowest BCUT2D eigenvalue weighted by Crippen LogP contribution is -2.48. The molecule has 2 fully saturated rings. The van der Waals surface area contributed by atoms with Crippen molar-refractivity contribution in [3.63, 3.8) is 0 Å². The van der Waals surface area contributed by atoms with Crippen LogP contribution in [0.4, 0.5) is 0 Å². The zero-order valence-corrected chi connectivity index (χ0v) is 15.6. The van der Waals surface area contributed by atoms with Gasteiger partial charge in [-0.25, -0.2) is 0 Å². The predicted molar refractivity (Wildman–Crippen MR) is 104 cm³/mol. The summed E-state index contributed by atoms with van der Waals surface area (Å²) in [5, 5.41) is 4.77. The van der Waals surface area contributed by atoms with E-state index in [1.165, 1.54) is 0 Å². The first-order valence-electron chi connectivity index (χ1n) is 9.57. The lowest BCUT2D eigenvalue weighted by Gasteiger charge is -2.33. The fourth-order valence-electron chi connectivity index (χ4n) is 3.35. The maximum absolute atomic E-state index is 13.1. The summed E-state index contributed by atoms with van der Waals surface area (Å²) < 4.78 is 5.76. The molecule has 0 atom stereocenters. The van der Waals surface area contributed by atoms with E-state index in [1.54, 1.807) is 9.80 Å². The third-order valence-electron chi connectivity index (χ3n) is 5.13. The van der Waals surface area contributed by atoms with Crippen LogP contribution in [0.1, 0.15) is 23.2 Å². The van der Waals surface area contributed by atoms with Crippen LogP contribution >= 0.6 is 0 Å². The minimum Gasteiger partial charge on any atom is -0.483 e. The Morgan fingerprint density at radius 3 is 2.39 bits per heavy atom. The molecular weight excluding hydrogens is 358 g/mol. The van der Waals surface area contributed by atoms with Crippen molar-refractivity contribution < 1.29 is 19.1 Å². The van der Waals surface area contributed by atoms with Gasteiger partial charge in [-0.3, -0.25) is 14.4 Å². The molecule has 7 heteroatoms. The van der Waals surface area contributed by atoms with Crippen molar-refractivity contribution in [2.24, 2.45) is 0 Å². The number of piperazine rings is 1. The van der Waals surface area contributed by atoms with E-state index in [0.717, 1.165) is 30.0 Å². The number of nitrogens with zero attached hydrogens (tertiary/aromatic N) is 2. The molecule has 146 valence electrons. The molecule has 3 amide bonds. The van der Waals surface area contributed by atoms with E-state index in [4.69, 9.17) is 4.74 Å². The van der Waals surface area contributed by atoms with Crippen molar-refractivity contribution in [3.05, 3.63) is 42.0 Å². The minimum atomic E-state index is -0.173. The fraction of sp³-hybridized carbons (Fsp3) is 0.381. The van der Waals surface area contributed by atoms with Gasteiger partial charge in [0.25, 0.3) is 11.8 Å².